The lowest BCUT2D eigenvalue weighted by atomic mass is 10.00. The smallest absolute Gasteiger partial charge is 0.408 e. The highest BCUT2D eigenvalue weighted by atomic mass is 16.6. The molecule has 1 aromatic carbocycles. The summed E-state index contributed by atoms with van der Waals surface area (Å²) in [6.45, 7) is 15.0. The number of alkyl carbamates (subject to hydrolysis) is 1. The maximum atomic E-state index is 13.2. The van der Waals surface area contributed by atoms with Gasteiger partial charge in [-0.25, -0.2) is 4.79 Å². The molecule has 7 heteroatoms. The monoisotopic (exact) mass is 431 g/mol. The van der Waals surface area contributed by atoms with Gasteiger partial charge in [0.05, 0.1) is 0 Å². The van der Waals surface area contributed by atoms with Crippen LogP contribution in [-0.2, 0) is 14.3 Å². The van der Waals surface area contributed by atoms with Gasteiger partial charge in [-0.2, -0.15) is 0 Å². The van der Waals surface area contributed by atoms with E-state index in [2.05, 4.69) is 17.2 Å². The summed E-state index contributed by atoms with van der Waals surface area (Å²) < 4.78 is 5.21. The fourth-order valence-electron chi connectivity index (χ4n) is 3.06. The number of hydrogen-bond donors (Lipinski definition) is 2. The summed E-state index contributed by atoms with van der Waals surface area (Å²) >= 11 is 0. The second-order valence-corrected chi connectivity index (χ2v) is 8.67. The van der Waals surface area contributed by atoms with Gasteiger partial charge in [-0.1, -0.05) is 44.2 Å². The highest BCUT2D eigenvalue weighted by Gasteiger charge is 2.33. The van der Waals surface area contributed by atoms with Crippen molar-refractivity contribution in [2.75, 3.05) is 13.1 Å². The van der Waals surface area contributed by atoms with Crippen LogP contribution in [0.25, 0.3) is 6.08 Å². The lowest BCUT2D eigenvalue weighted by Crippen LogP contribution is -2.50. The topological polar surface area (TPSA) is 87.7 Å². The number of hydrogen-bond acceptors (Lipinski definition) is 4. The van der Waals surface area contributed by atoms with E-state index in [-0.39, 0.29) is 24.4 Å². The zero-order chi connectivity index (χ0) is 23.6. The van der Waals surface area contributed by atoms with Crippen molar-refractivity contribution in [3.05, 3.63) is 42.0 Å². The van der Waals surface area contributed by atoms with Crippen LogP contribution in [0.4, 0.5) is 4.79 Å². The van der Waals surface area contributed by atoms with Gasteiger partial charge in [-0.3, -0.25) is 9.59 Å². The van der Waals surface area contributed by atoms with Crippen LogP contribution >= 0.6 is 0 Å². The normalized spacial score (nSPS) is 12.1. The standard InChI is InChI=1S/C24H37N3O4/c1-8-10-14-25-22(29)21(19-13-11-12-18(9-2)15-19)27(17(3)4)20(28)16-26-23(30)31-24(5,6)7/h9,11-13,15,17,21H,2,8,10,14,16H2,1,3-7H3,(H,25,29)(H,26,30). The highest BCUT2D eigenvalue weighted by Crippen LogP contribution is 2.25. The third-order valence-electron chi connectivity index (χ3n) is 4.45. The van der Waals surface area contributed by atoms with Gasteiger partial charge in [0.1, 0.15) is 18.2 Å². The molecule has 1 rings (SSSR count). The molecule has 31 heavy (non-hydrogen) atoms. The zero-order valence-electron chi connectivity index (χ0n) is 19.7. The van der Waals surface area contributed by atoms with E-state index in [1.54, 1.807) is 26.8 Å². The molecule has 0 radical (unpaired) electrons. The highest BCUT2D eigenvalue weighted by molar-refractivity contribution is 5.90. The number of amides is 3. The van der Waals surface area contributed by atoms with Crippen LogP contribution in [0.2, 0.25) is 0 Å². The first-order valence-electron chi connectivity index (χ1n) is 10.8. The van der Waals surface area contributed by atoms with Crippen LogP contribution in [0.3, 0.4) is 0 Å². The molecule has 1 atom stereocenters. The maximum absolute atomic E-state index is 13.2. The average Bonchev–Trinajstić information content (AvgIpc) is 2.68. The summed E-state index contributed by atoms with van der Waals surface area (Å²) in [5, 5.41) is 5.43. The molecule has 7 nitrogen and oxygen atoms in total. The fraction of sp³-hybridized carbons (Fsp3) is 0.542. The molecular weight excluding hydrogens is 394 g/mol. The number of rotatable bonds is 10. The van der Waals surface area contributed by atoms with Crippen LogP contribution in [-0.4, -0.2) is 47.5 Å². The third kappa shape index (κ3) is 8.82. The lowest BCUT2D eigenvalue weighted by molar-refractivity contribution is -0.142. The maximum Gasteiger partial charge on any atom is 0.408 e. The first-order valence-corrected chi connectivity index (χ1v) is 10.8. The molecule has 0 aromatic heterocycles. The molecule has 0 fully saturated rings. The fourth-order valence-corrected chi connectivity index (χ4v) is 3.06. The Kier molecular flexibility index (Phi) is 10.3. The van der Waals surface area contributed by atoms with Gasteiger partial charge in [0.25, 0.3) is 0 Å². The Morgan fingerprint density at radius 2 is 1.87 bits per heavy atom. The molecule has 3 amide bonds. The predicted octanol–water partition coefficient (Wildman–Crippen LogP) is 4.05. The van der Waals surface area contributed by atoms with Crippen molar-refractivity contribution in [3.8, 4) is 0 Å². The van der Waals surface area contributed by atoms with Crippen LogP contribution < -0.4 is 10.6 Å². The summed E-state index contributed by atoms with van der Waals surface area (Å²) in [6.07, 6.45) is 2.81. The van der Waals surface area contributed by atoms with Gasteiger partial charge in [-0.05, 0) is 58.2 Å². The molecule has 1 aromatic rings. The quantitative estimate of drug-likeness (QED) is 0.547. The van der Waals surface area contributed by atoms with E-state index >= 15 is 0 Å². The SMILES string of the molecule is C=Cc1cccc(C(C(=O)NCCCC)N(C(=O)CNC(=O)OC(C)(C)C)C(C)C)c1. The summed E-state index contributed by atoms with van der Waals surface area (Å²) in [7, 11) is 0. The number of carbonyl (C=O) groups excluding carboxylic acids is 3. The van der Waals surface area contributed by atoms with Crippen molar-refractivity contribution < 1.29 is 19.1 Å². The molecule has 0 saturated carbocycles. The van der Waals surface area contributed by atoms with E-state index in [9.17, 15) is 14.4 Å². The van der Waals surface area contributed by atoms with Crippen LogP contribution in [0, 0.1) is 0 Å². The van der Waals surface area contributed by atoms with Gasteiger partial charge in [0.15, 0.2) is 0 Å². The molecule has 1 unspecified atom stereocenters. The molecule has 0 saturated heterocycles. The summed E-state index contributed by atoms with van der Waals surface area (Å²) in [5.41, 5.74) is 0.870. The third-order valence-corrected chi connectivity index (χ3v) is 4.45. The Labute approximate surface area is 186 Å². The van der Waals surface area contributed by atoms with E-state index in [0.29, 0.717) is 12.1 Å². The first-order chi connectivity index (χ1) is 14.5. The lowest BCUT2D eigenvalue weighted by Gasteiger charge is -2.35. The predicted molar refractivity (Wildman–Crippen MR) is 123 cm³/mol. The largest absolute Gasteiger partial charge is 0.444 e. The van der Waals surface area contributed by atoms with Crippen molar-refractivity contribution >= 4 is 24.0 Å². The first kappa shape index (κ1) is 26.2. The van der Waals surface area contributed by atoms with E-state index in [4.69, 9.17) is 4.74 Å². The molecule has 172 valence electrons. The van der Waals surface area contributed by atoms with Crippen molar-refractivity contribution in [1.29, 1.82) is 0 Å². The molecular formula is C24H37N3O4. The number of nitrogens with one attached hydrogen (secondary N) is 2. The molecule has 0 aliphatic rings. The van der Waals surface area contributed by atoms with Crippen LogP contribution in [0.15, 0.2) is 30.8 Å². The average molecular weight is 432 g/mol. The van der Waals surface area contributed by atoms with Gasteiger partial charge in [-0.15, -0.1) is 0 Å². The molecule has 2 N–H and O–H groups in total. The zero-order valence-corrected chi connectivity index (χ0v) is 19.7. The summed E-state index contributed by atoms with van der Waals surface area (Å²) in [6, 6.07) is 6.28. The number of nitrogens with zero attached hydrogens (tertiary/aromatic N) is 1. The van der Waals surface area contributed by atoms with Gasteiger partial charge in [0, 0.05) is 12.6 Å². The molecule has 0 spiro atoms. The van der Waals surface area contributed by atoms with Crippen molar-refractivity contribution in [3.63, 3.8) is 0 Å². The van der Waals surface area contributed by atoms with Crippen LogP contribution in [0.5, 0.6) is 0 Å². The Balaban J connectivity index is 3.16. The van der Waals surface area contributed by atoms with Gasteiger partial charge >= 0.3 is 6.09 Å². The summed E-state index contributed by atoms with van der Waals surface area (Å²) in [4.78, 5) is 39.8. The van der Waals surface area contributed by atoms with Gasteiger partial charge in [0.2, 0.25) is 11.8 Å². The number of unbranched alkanes of at least 4 members (excludes halogenated alkanes) is 1. The number of ether oxygens (including phenoxy) is 1. The van der Waals surface area contributed by atoms with Crippen molar-refractivity contribution in [2.45, 2.75) is 72.1 Å². The molecule has 0 aliphatic carbocycles. The molecule has 0 heterocycles. The minimum atomic E-state index is -0.829. The Morgan fingerprint density at radius 3 is 2.42 bits per heavy atom. The van der Waals surface area contributed by atoms with Crippen molar-refractivity contribution in [1.82, 2.24) is 15.5 Å². The minimum Gasteiger partial charge on any atom is -0.444 e. The Morgan fingerprint density at radius 1 is 1.19 bits per heavy atom. The molecule has 0 aliphatic heterocycles. The summed E-state index contributed by atoms with van der Waals surface area (Å²) in [5.74, 6) is -0.630. The van der Waals surface area contributed by atoms with Crippen molar-refractivity contribution in [2.24, 2.45) is 0 Å². The van der Waals surface area contributed by atoms with Gasteiger partial charge < -0.3 is 20.3 Å². The van der Waals surface area contributed by atoms with E-state index in [0.717, 1.165) is 18.4 Å². The second kappa shape index (κ2) is 12.1. The number of benzene rings is 1. The van der Waals surface area contributed by atoms with E-state index < -0.39 is 17.7 Å². The van der Waals surface area contributed by atoms with Crippen LogP contribution in [0.1, 0.15) is 71.6 Å². The van der Waals surface area contributed by atoms with E-state index in [1.807, 2.05) is 45.0 Å². The molecule has 0 bridgehead atoms. The van der Waals surface area contributed by atoms with E-state index in [1.165, 1.54) is 4.90 Å². The Bertz CT molecular complexity index is 768. The second-order valence-electron chi connectivity index (χ2n) is 8.67. The number of carbonyl (C=O) groups is 3. The minimum absolute atomic E-state index is 0.256. The Hall–Kier alpha value is -2.83.